The number of rotatable bonds is 15. The molecule has 2 atom stereocenters. The van der Waals surface area contributed by atoms with E-state index in [-0.39, 0.29) is 11.5 Å². The molecule has 7 nitrogen and oxygen atoms in total. The van der Waals surface area contributed by atoms with E-state index in [1.165, 1.54) is 59.7 Å². The minimum Gasteiger partial charge on any atom is -0.508 e. The van der Waals surface area contributed by atoms with E-state index in [2.05, 4.69) is 56.6 Å². The second kappa shape index (κ2) is 16.6. The molecule has 4 N–H and O–H groups in total. The Morgan fingerprint density at radius 1 is 0.889 bits per heavy atom. The van der Waals surface area contributed by atoms with Gasteiger partial charge in [0.15, 0.2) is 0 Å². The Morgan fingerprint density at radius 3 is 2.03 bits per heavy atom. The largest absolute Gasteiger partial charge is 0.508 e. The second-order valence-corrected chi connectivity index (χ2v) is 10.2. The van der Waals surface area contributed by atoms with Crippen LogP contribution in [0.5, 0.6) is 5.75 Å². The fraction of sp³-hybridized carbons (Fsp3) is 0.464. The number of hydrogen-bond acceptors (Lipinski definition) is 5. The van der Waals surface area contributed by atoms with Crippen LogP contribution in [0.2, 0.25) is 0 Å². The van der Waals surface area contributed by atoms with Crippen molar-refractivity contribution in [1.82, 2.24) is 10.6 Å². The minimum absolute atomic E-state index is 0.0227. The van der Waals surface area contributed by atoms with Gasteiger partial charge < -0.3 is 20.8 Å². The predicted molar refractivity (Wildman–Crippen MR) is 147 cm³/mol. The zero-order chi connectivity index (χ0) is 27.1. The molecule has 0 heterocycles. The molecular weight excluding hydrogens is 476 g/mol. The van der Waals surface area contributed by atoms with Crippen LogP contribution in [0.1, 0.15) is 71.9 Å². The van der Waals surface area contributed by atoms with Crippen molar-refractivity contribution in [3.63, 3.8) is 0 Å². The van der Waals surface area contributed by atoms with Gasteiger partial charge in [-0.25, -0.2) is 4.79 Å². The van der Waals surface area contributed by atoms with Gasteiger partial charge in [-0.1, -0.05) is 47.1 Å². The third kappa shape index (κ3) is 13.2. The number of aliphatic carboxylic acids is 1. The van der Waals surface area contributed by atoms with E-state index >= 15 is 0 Å². The van der Waals surface area contributed by atoms with E-state index in [1.807, 2.05) is 0 Å². The first kappa shape index (κ1) is 31.0. The Kier molecular flexibility index (Phi) is 14.3. The first-order chi connectivity index (χ1) is 17.0. The van der Waals surface area contributed by atoms with E-state index in [1.54, 1.807) is 0 Å². The molecule has 0 radical (unpaired) electrons. The van der Waals surface area contributed by atoms with Crippen molar-refractivity contribution in [3.05, 3.63) is 64.8 Å². The van der Waals surface area contributed by atoms with Crippen LogP contribution in [-0.4, -0.2) is 45.5 Å². The monoisotopic (exact) mass is 516 g/mol. The Morgan fingerprint density at radius 2 is 1.47 bits per heavy atom. The summed E-state index contributed by atoms with van der Waals surface area (Å²) >= 11 is 1.42. The normalized spacial score (nSPS) is 13.5. The number of allylic oxidation sites excluding steroid dienone is 5. The molecule has 2 amide bonds. The molecule has 0 bridgehead atoms. The lowest BCUT2D eigenvalue weighted by Crippen LogP contribution is -2.48. The van der Waals surface area contributed by atoms with Crippen molar-refractivity contribution < 1.29 is 24.6 Å². The van der Waals surface area contributed by atoms with Crippen LogP contribution in [0.25, 0.3) is 0 Å². The number of phenols is 1. The summed E-state index contributed by atoms with van der Waals surface area (Å²) in [6.07, 6.45) is 10.7. The Balaban J connectivity index is 2.58. The van der Waals surface area contributed by atoms with Crippen molar-refractivity contribution in [3.8, 4) is 5.75 Å². The first-order valence-electron chi connectivity index (χ1n) is 12.1. The predicted octanol–water partition coefficient (Wildman–Crippen LogP) is 5.29. The Hall–Kier alpha value is -3.00. The summed E-state index contributed by atoms with van der Waals surface area (Å²) in [6, 6.07) is 3.66. The van der Waals surface area contributed by atoms with Crippen LogP contribution < -0.4 is 10.6 Å². The van der Waals surface area contributed by atoms with Gasteiger partial charge in [0.2, 0.25) is 11.8 Å². The fourth-order valence-corrected chi connectivity index (χ4v) is 4.33. The lowest BCUT2D eigenvalue weighted by Gasteiger charge is -2.21. The molecule has 1 unspecified atom stereocenters. The molecule has 1 rings (SSSR count). The number of amides is 2. The number of phenolic OH excluding ortho intramolecular Hbond substituents is 1. The summed E-state index contributed by atoms with van der Waals surface area (Å²) in [5.74, 6) is -1.34. The Bertz CT molecular complexity index is 963. The number of nitrogens with one attached hydrogen (secondary N) is 2. The molecule has 0 spiro atoms. The highest BCUT2D eigenvalue weighted by Crippen LogP contribution is 2.18. The van der Waals surface area contributed by atoms with E-state index in [0.29, 0.717) is 11.3 Å². The lowest BCUT2D eigenvalue weighted by atomic mass is 10.1. The number of benzene rings is 1. The molecule has 0 saturated carbocycles. The SMILES string of the molecule is CC(=O)NC(C(=O)N[C@@H](CSC/C=C(\C)CC/C=C(\C)CCC=C(C)C)C(=O)O)c1ccc(O)cc1. The fourth-order valence-electron chi connectivity index (χ4n) is 3.33. The van der Waals surface area contributed by atoms with Gasteiger partial charge >= 0.3 is 5.97 Å². The van der Waals surface area contributed by atoms with Crippen molar-refractivity contribution in [1.29, 1.82) is 0 Å². The van der Waals surface area contributed by atoms with Crippen LogP contribution >= 0.6 is 11.8 Å². The quantitative estimate of drug-likeness (QED) is 0.186. The number of carbonyl (C=O) groups excluding carboxylic acids is 2. The molecule has 0 fully saturated rings. The van der Waals surface area contributed by atoms with Gasteiger partial charge in [-0.15, -0.1) is 0 Å². The topological polar surface area (TPSA) is 116 Å². The van der Waals surface area contributed by atoms with Gasteiger partial charge in [0, 0.05) is 18.4 Å². The van der Waals surface area contributed by atoms with Crippen LogP contribution in [0.15, 0.2) is 59.2 Å². The number of aromatic hydroxyl groups is 1. The lowest BCUT2D eigenvalue weighted by molar-refractivity contribution is -0.141. The molecule has 1 aromatic rings. The van der Waals surface area contributed by atoms with Gasteiger partial charge in [0.05, 0.1) is 0 Å². The van der Waals surface area contributed by atoms with Gasteiger partial charge in [-0.05, 0) is 71.1 Å². The number of carboxylic acid groups (broad SMARTS) is 1. The molecule has 1 aromatic carbocycles. The molecular formula is C28H40N2O5S. The zero-order valence-corrected chi connectivity index (χ0v) is 22.8. The zero-order valence-electron chi connectivity index (χ0n) is 22.0. The minimum atomic E-state index is -1.14. The smallest absolute Gasteiger partial charge is 0.327 e. The van der Waals surface area contributed by atoms with E-state index in [9.17, 15) is 24.6 Å². The number of hydrogen-bond donors (Lipinski definition) is 4. The standard InChI is InChI=1S/C28H40N2O5S/c1-19(2)8-6-9-20(3)10-7-11-21(4)16-17-36-18-25(28(34)35)30-27(33)26(29-22(5)31)23-12-14-24(32)15-13-23/h8,10,12-16,25-26,32H,6-7,9,11,17-18H2,1-5H3,(H,29,31)(H,30,33)(H,34,35)/b20-10+,21-16+/t25-,26?/m0/s1. The van der Waals surface area contributed by atoms with E-state index in [4.69, 9.17) is 0 Å². The second-order valence-electron chi connectivity index (χ2n) is 9.12. The summed E-state index contributed by atoms with van der Waals surface area (Å²) in [5.41, 5.74) is 4.41. The summed E-state index contributed by atoms with van der Waals surface area (Å²) in [7, 11) is 0. The van der Waals surface area contributed by atoms with Gasteiger partial charge in [-0.3, -0.25) is 9.59 Å². The number of thioether (sulfide) groups is 1. The van der Waals surface area contributed by atoms with Crippen molar-refractivity contribution in [2.75, 3.05) is 11.5 Å². The highest BCUT2D eigenvalue weighted by atomic mass is 32.2. The van der Waals surface area contributed by atoms with Gasteiger partial charge in [0.25, 0.3) is 0 Å². The van der Waals surface area contributed by atoms with Crippen molar-refractivity contribution >= 4 is 29.5 Å². The van der Waals surface area contributed by atoms with Gasteiger partial charge in [-0.2, -0.15) is 11.8 Å². The molecule has 0 saturated heterocycles. The van der Waals surface area contributed by atoms with E-state index < -0.39 is 29.9 Å². The summed E-state index contributed by atoms with van der Waals surface area (Å²) in [6.45, 7) is 9.73. The van der Waals surface area contributed by atoms with E-state index in [0.717, 1.165) is 25.7 Å². The maximum atomic E-state index is 12.8. The van der Waals surface area contributed by atoms with Crippen molar-refractivity contribution in [2.24, 2.45) is 0 Å². The third-order valence-electron chi connectivity index (χ3n) is 5.41. The maximum Gasteiger partial charge on any atom is 0.327 e. The summed E-state index contributed by atoms with van der Waals surface area (Å²) in [5, 5.41) is 24.1. The van der Waals surface area contributed by atoms with Crippen LogP contribution in [0.3, 0.4) is 0 Å². The Labute approximate surface area is 219 Å². The maximum absolute atomic E-state index is 12.8. The highest BCUT2D eigenvalue weighted by molar-refractivity contribution is 7.99. The van der Waals surface area contributed by atoms with Crippen LogP contribution in [-0.2, 0) is 14.4 Å². The third-order valence-corrected chi connectivity index (χ3v) is 6.38. The summed E-state index contributed by atoms with van der Waals surface area (Å²) in [4.78, 5) is 36.1. The first-order valence-corrected chi connectivity index (χ1v) is 13.3. The number of carbonyl (C=O) groups is 3. The molecule has 198 valence electrons. The van der Waals surface area contributed by atoms with Crippen LogP contribution in [0, 0.1) is 0 Å². The summed E-state index contributed by atoms with van der Waals surface area (Å²) < 4.78 is 0. The molecule has 0 aliphatic rings. The molecule has 0 aliphatic carbocycles. The molecule has 36 heavy (non-hydrogen) atoms. The molecule has 0 aromatic heterocycles. The van der Waals surface area contributed by atoms with Crippen LogP contribution in [0.4, 0.5) is 0 Å². The highest BCUT2D eigenvalue weighted by Gasteiger charge is 2.27. The number of carboxylic acids is 1. The van der Waals surface area contributed by atoms with Gasteiger partial charge in [0.1, 0.15) is 17.8 Å². The molecule has 0 aliphatic heterocycles. The molecule has 8 heteroatoms. The average Bonchev–Trinajstić information content (AvgIpc) is 2.79. The average molecular weight is 517 g/mol. The van der Waals surface area contributed by atoms with Crippen molar-refractivity contribution in [2.45, 2.75) is 72.4 Å².